The zero-order chi connectivity index (χ0) is 15.0. The monoisotopic (exact) mass is 326 g/mol. The van der Waals surface area contributed by atoms with Crippen molar-refractivity contribution in [1.29, 1.82) is 0 Å². The number of nitrogens with zero attached hydrogens (tertiary/aromatic N) is 1. The van der Waals surface area contributed by atoms with Gasteiger partial charge in [0, 0.05) is 17.5 Å². The lowest BCUT2D eigenvalue weighted by molar-refractivity contribution is -0.120. The van der Waals surface area contributed by atoms with Crippen LogP contribution < -0.4 is 10.6 Å². The van der Waals surface area contributed by atoms with Gasteiger partial charge in [-0.1, -0.05) is 32.3 Å². The third kappa shape index (κ3) is 2.63. The number of carbonyl (C=O) groups excluding carboxylic acids is 1. The minimum atomic E-state index is -0.484. The third-order valence-electron chi connectivity index (χ3n) is 5.02. The Morgan fingerprint density at radius 3 is 2.73 bits per heavy atom. The lowest BCUT2D eigenvalue weighted by Gasteiger charge is -2.26. The number of benzene rings is 1. The standard InChI is InChI=1S/C17H23FN2O.ClH/c1-2-6-13(19)16(21)20-11-17(9-3-4-10-17)15-12(18)7-5-8-14(15)20;/h5,7-8,13H,2-4,6,9-11,19H2,1H3;1H. The van der Waals surface area contributed by atoms with E-state index >= 15 is 0 Å². The van der Waals surface area contributed by atoms with Crippen LogP contribution in [0.4, 0.5) is 10.1 Å². The number of hydrogen-bond donors (Lipinski definition) is 1. The van der Waals surface area contributed by atoms with Gasteiger partial charge in [0.1, 0.15) is 5.82 Å². The molecule has 1 aliphatic heterocycles. The van der Waals surface area contributed by atoms with E-state index in [2.05, 4.69) is 0 Å². The van der Waals surface area contributed by atoms with Gasteiger partial charge in [0.15, 0.2) is 0 Å². The summed E-state index contributed by atoms with van der Waals surface area (Å²) in [6.45, 7) is 2.61. The van der Waals surface area contributed by atoms with Crippen LogP contribution in [-0.2, 0) is 10.2 Å². The highest BCUT2D eigenvalue weighted by Gasteiger charge is 2.48. The molecule has 1 spiro atoms. The molecule has 5 heteroatoms. The van der Waals surface area contributed by atoms with Gasteiger partial charge in [-0.25, -0.2) is 4.39 Å². The van der Waals surface area contributed by atoms with Gasteiger partial charge in [0.05, 0.1) is 11.7 Å². The van der Waals surface area contributed by atoms with Gasteiger partial charge in [-0.2, -0.15) is 0 Å². The summed E-state index contributed by atoms with van der Waals surface area (Å²) in [6, 6.07) is 4.58. The zero-order valence-corrected chi connectivity index (χ0v) is 13.8. The van der Waals surface area contributed by atoms with Crippen LogP contribution in [0.15, 0.2) is 18.2 Å². The van der Waals surface area contributed by atoms with Crippen LogP contribution in [0.1, 0.15) is 51.0 Å². The van der Waals surface area contributed by atoms with Crippen LogP contribution in [0.2, 0.25) is 0 Å². The fourth-order valence-corrected chi connectivity index (χ4v) is 4.02. The van der Waals surface area contributed by atoms with Crippen molar-refractivity contribution in [1.82, 2.24) is 0 Å². The van der Waals surface area contributed by atoms with Crippen molar-refractivity contribution in [2.24, 2.45) is 5.73 Å². The van der Waals surface area contributed by atoms with Crippen molar-refractivity contribution in [2.45, 2.75) is 56.9 Å². The molecule has 22 heavy (non-hydrogen) atoms. The Morgan fingerprint density at radius 2 is 2.09 bits per heavy atom. The number of carbonyl (C=O) groups is 1. The smallest absolute Gasteiger partial charge is 0.243 e. The van der Waals surface area contributed by atoms with Crippen LogP contribution in [-0.4, -0.2) is 18.5 Å². The number of anilines is 1. The van der Waals surface area contributed by atoms with Gasteiger partial charge in [-0.3, -0.25) is 4.79 Å². The van der Waals surface area contributed by atoms with Crippen LogP contribution in [0.5, 0.6) is 0 Å². The molecule has 3 nitrogen and oxygen atoms in total. The highest BCUT2D eigenvalue weighted by Crippen LogP contribution is 2.51. The first-order valence-electron chi connectivity index (χ1n) is 7.95. The molecule has 1 atom stereocenters. The fourth-order valence-electron chi connectivity index (χ4n) is 4.02. The van der Waals surface area contributed by atoms with E-state index in [1.54, 1.807) is 11.0 Å². The molecule has 1 heterocycles. The normalized spacial score (nSPS) is 19.9. The molecule has 0 bridgehead atoms. The van der Waals surface area contributed by atoms with Gasteiger partial charge in [0.25, 0.3) is 0 Å². The molecule has 1 unspecified atom stereocenters. The first kappa shape index (κ1) is 17.2. The molecule has 0 saturated heterocycles. The molecule has 1 aromatic carbocycles. The predicted molar refractivity (Wildman–Crippen MR) is 89.0 cm³/mol. The summed E-state index contributed by atoms with van der Waals surface area (Å²) in [5.74, 6) is -0.235. The minimum Gasteiger partial charge on any atom is -0.320 e. The SMILES string of the molecule is CCCC(N)C(=O)N1CC2(CCCC2)c2c(F)cccc21.Cl. The third-order valence-corrected chi connectivity index (χ3v) is 5.02. The zero-order valence-electron chi connectivity index (χ0n) is 13.0. The maximum absolute atomic E-state index is 14.4. The average Bonchev–Trinajstić information content (AvgIpc) is 3.06. The summed E-state index contributed by atoms with van der Waals surface area (Å²) in [6.07, 6.45) is 5.70. The quantitative estimate of drug-likeness (QED) is 0.923. The maximum atomic E-state index is 14.4. The Kier molecular flexibility index (Phi) is 5.13. The van der Waals surface area contributed by atoms with Crippen LogP contribution in [0.25, 0.3) is 0 Å². The van der Waals surface area contributed by atoms with Gasteiger partial charge < -0.3 is 10.6 Å². The molecule has 2 N–H and O–H groups in total. The van der Waals surface area contributed by atoms with Gasteiger partial charge >= 0.3 is 0 Å². The first-order valence-corrected chi connectivity index (χ1v) is 7.95. The minimum absolute atomic E-state index is 0. The van der Waals surface area contributed by atoms with Crippen LogP contribution in [0.3, 0.4) is 0 Å². The summed E-state index contributed by atoms with van der Waals surface area (Å²) in [5, 5.41) is 0. The van der Waals surface area contributed by atoms with Gasteiger partial charge in [-0.05, 0) is 31.4 Å². The largest absolute Gasteiger partial charge is 0.320 e. The van der Waals surface area contributed by atoms with Crippen LogP contribution in [0, 0.1) is 5.82 Å². The molecule has 1 saturated carbocycles. The number of nitrogens with two attached hydrogens (primary N) is 1. The fraction of sp³-hybridized carbons (Fsp3) is 0.588. The average molecular weight is 327 g/mol. The van der Waals surface area contributed by atoms with E-state index in [4.69, 9.17) is 5.73 Å². The van der Waals surface area contributed by atoms with Crippen LogP contribution >= 0.6 is 12.4 Å². The lowest BCUT2D eigenvalue weighted by atomic mass is 9.80. The number of rotatable bonds is 3. The maximum Gasteiger partial charge on any atom is 0.243 e. The van der Waals surface area contributed by atoms with E-state index in [-0.39, 0.29) is 29.5 Å². The summed E-state index contributed by atoms with van der Waals surface area (Å²) < 4.78 is 14.4. The Morgan fingerprint density at radius 1 is 1.41 bits per heavy atom. The van der Waals surface area contributed by atoms with E-state index in [0.717, 1.165) is 43.4 Å². The highest BCUT2D eigenvalue weighted by molar-refractivity contribution is 5.99. The number of halogens is 2. The topological polar surface area (TPSA) is 46.3 Å². The first-order chi connectivity index (χ1) is 10.1. The Balaban J connectivity index is 0.00000176. The lowest BCUT2D eigenvalue weighted by Crippen LogP contribution is -2.45. The summed E-state index contributed by atoms with van der Waals surface area (Å²) in [4.78, 5) is 14.4. The highest BCUT2D eigenvalue weighted by atomic mass is 35.5. The summed E-state index contributed by atoms with van der Waals surface area (Å²) in [7, 11) is 0. The molecule has 1 fully saturated rings. The van der Waals surface area contributed by atoms with E-state index < -0.39 is 6.04 Å². The Hall–Kier alpha value is -1.13. The summed E-state index contributed by atoms with van der Waals surface area (Å²) in [5.41, 5.74) is 7.32. The molecule has 0 radical (unpaired) electrons. The summed E-state index contributed by atoms with van der Waals surface area (Å²) >= 11 is 0. The van der Waals surface area contributed by atoms with Crippen molar-refractivity contribution in [3.8, 4) is 0 Å². The molecule has 2 aliphatic rings. The second-order valence-electron chi connectivity index (χ2n) is 6.44. The molecule has 122 valence electrons. The van der Waals surface area contributed by atoms with E-state index in [0.29, 0.717) is 13.0 Å². The van der Waals surface area contributed by atoms with E-state index in [1.165, 1.54) is 6.07 Å². The van der Waals surface area contributed by atoms with Gasteiger partial charge in [-0.15, -0.1) is 12.4 Å². The molecule has 3 rings (SSSR count). The van der Waals surface area contributed by atoms with Crippen molar-refractivity contribution in [2.75, 3.05) is 11.4 Å². The molecule has 0 aromatic heterocycles. The molecule has 1 aliphatic carbocycles. The predicted octanol–water partition coefficient (Wildman–Crippen LogP) is 3.53. The van der Waals surface area contributed by atoms with Crippen molar-refractivity contribution < 1.29 is 9.18 Å². The molecule has 1 amide bonds. The number of amides is 1. The van der Waals surface area contributed by atoms with Crippen molar-refractivity contribution in [3.05, 3.63) is 29.6 Å². The second-order valence-corrected chi connectivity index (χ2v) is 6.44. The van der Waals surface area contributed by atoms with Gasteiger partial charge in [0.2, 0.25) is 5.91 Å². The van der Waals surface area contributed by atoms with Crippen molar-refractivity contribution >= 4 is 24.0 Å². The molecular formula is C17H24ClFN2O. The van der Waals surface area contributed by atoms with E-state index in [9.17, 15) is 9.18 Å². The number of hydrogen-bond acceptors (Lipinski definition) is 2. The molecular weight excluding hydrogens is 303 g/mol. The number of fused-ring (bicyclic) bond motifs is 2. The second kappa shape index (κ2) is 6.55. The van der Waals surface area contributed by atoms with E-state index in [1.807, 2.05) is 13.0 Å². The Bertz CT molecular complexity index is 558. The Labute approximate surface area is 137 Å². The molecule has 1 aromatic rings. The van der Waals surface area contributed by atoms with Crippen molar-refractivity contribution in [3.63, 3.8) is 0 Å².